The van der Waals surface area contributed by atoms with Gasteiger partial charge in [0, 0.05) is 35.3 Å². The Bertz CT molecular complexity index is 883. The zero-order valence-corrected chi connectivity index (χ0v) is 17.1. The number of thiazole rings is 1. The van der Waals surface area contributed by atoms with Crippen molar-refractivity contribution in [3.05, 3.63) is 39.4 Å². The van der Waals surface area contributed by atoms with Crippen LogP contribution in [0.1, 0.15) is 60.6 Å². The first-order valence-electron chi connectivity index (χ1n) is 10.4. The summed E-state index contributed by atoms with van der Waals surface area (Å²) in [5.41, 5.74) is 6.05. The highest BCUT2D eigenvalue weighted by atomic mass is 32.1. The number of aromatic nitrogens is 3. The first-order chi connectivity index (χ1) is 13.6. The molecule has 0 radical (unpaired) electrons. The van der Waals surface area contributed by atoms with E-state index in [1.54, 1.807) is 11.3 Å². The first-order valence-corrected chi connectivity index (χ1v) is 11.3. The maximum absolute atomic E-state index is 13.4. The highest BCUT2D eigenvalue weighted by Crippen LogP contribution is 2.45. The van der Waals surface area contributed by atoms with Crippen molar-refractivity contribution in [2.45, 2.75) is 76.9 Å². The predicted octanol–water partition coefficient (Wildman–Crippen LogP) is 2.49. The quantitative estimate of drug-likeness (QED) is 0.810. The molecule has 2 N–H and O–H groups in total. The van der Waals surface area contributed by atoms with Crippen molar-refractivity contribution in [2.75, 3.05) is 0 Å². The largest absolute Gasteiger partial charge is 0.348 e. The summed E-state index contributed by atoms with van der Waals surface area (Å²) in [5, 5.41) is 8.90. The Balaban J connectivity index is 1.34. The Hall–Kier alpha value is -1.86. The Morgan fingerprint density at radius 3 is 2.96 bits per heavy atom. The van der Waals surface area contributed by atoms with E-state index in [1.807, 2.05) is 5.51 Å². The monoisotopic (exact) mass is 397 g/mol. The van der Waals surface area contributed by atoms with E-state index in [0.717, 1.165) is 42.9 Å². The number of nitrogens with one attached hydrogen (secondary N) is 2. The van der Waals surface area contributed by atoms with Gasteiger partial charge in [-0.2, -0.15) is 0 Å². The molecule has 1 aliphatic carbocycles. The topological polar surface area (TPSA) is 79.8 Å². The van der Waals surface area contributed by atoms with Crippen molar-refractivity contribution in [1.29, 1.82) is 0 Å². The Morgan fingerprint density at radius 1 is 1.32 bits per heavy atom. The van der Waals surface area contributed by atoms with Gasteiger partial charge in [-0.05, 0) is 57.4 Å². The molecule has 28 heavy (non-hydrogen) atoms. The minimum absolute atomic E-state index is 0.124. The van der Waals surface area contributed by atoms with E-state index in [4.69, 9.17) is 4.98 Å². The van der Waals surface area contributed by atoms with Crippen molar-refractivity contribution in [3.63, 3.8) is 0 Å². The number of carbonyl (C=O) groups is 1. The van der Waals surface area contributed by atoms with Gasteiger partial charge < -0.3 is 10.6 Å². The molecule has 7 heteroatoms. The van der Waals surface area contributed by atoms with Crippen LogP contribution < -0.4 is 10.6 Å². The standard InChI is InChI=1S/C21H27N5OS/c1-13-16-4-2-3-5-17(16)26-19(24-13)10-22-20(27)21(9-15-11-28-12-23-15)8-14-6-7-18(21)25-14/h11-12,14,18,25H,2-10H2,1H3,(H,22,27)/t14-,18+,21-/m0/s1. The van der Waals surface area contributed by atoms with Gasteiger partial charge in [-0.15, -0.1) is 11.3 Å². The Labute approximate surface area is 169 Å². The van der Waals surface area contributed by atoms with E-state index in [-0.39, 0.29) is 11.9 Å². The van der Waals surface area contributed by atoms with Gasteiger partial charge in [0.15, 0.2) is 0 Å². The lowest BCUT2D eigenvalue weighted by atomic mass is 9.70. The summed E-state index contributed by atoms with van der Waals surface area (Å²) >= 11 is 1.60. The minimum Gasteiger partial charge on any atom is -0.348 e. The fraction of sp³-hybridized carbons (Fsp3) is 0.619. The second kappa shape index (κ2) is 7.19. The number of aryl methyl sites for hydroxylation is 2. The second-order valence-corrected chi connectivity index (χ2v) is 9.27. The van der Waals surface area contributed by atoms with E-state index in [2.05, 4.69) is 32.9 Å². The third-order valence-electron chi connectivity index (χ3n) is 6.79. The van der Waals surface area contributed by atoms with Gasteiger partial charge in [-0.1, -0.05) is 0 Å². The summed E-state index contributed by atoms with van der Waals surface area (Å²) in [4.78, 5) is 27.3. The van der Waals surface area contributed by atoms with Crippen molar-refractivity contribution in [1.82, 2.24) is 25.6 Å². The molecule has 2 fully saturated rings. The van der Waals surface area contributed by atoms with Crippen molar-refractivity contribution in [3.8, 4) is 0 Å². The third kappa shape index (κ3) is 3.14. The van der Waals surface area contributed by atoms with Crippen LogP contribution in [0.15, 0.2) is 10.9 Å². The van der Waals surface area contributed by atoms with Crippen LogP contribution in [-0.2, 0) is 30.6 Å². The number of nitrogens with zero attached hydrogens (tertiary/aromatic N) is 3. The van der Waals surface area contributed by atoms with E-state index in [0.29, 0.717) is 19.0 Å². The maximum atomic E-state index is 13.4. The van der Waals surface area contributed by atoms with Crippen molar-refractivity contribution >= 4 is 17.2 Å². The van der Waals surface area contributed by atoms with Crippen LogP contribution in [0.3, 0.4) is 0 Å². The number of hydrogen-bond donors (Lipinski definition) is 2. The lowest BCUT2D eigenvalue weighted by molar-refractivity contribution is -0.132. The molecule has 3 atom stereocenters. The van der Waals surface area contributed by atoms with Crippen LogP contribution in [0.25, 0.3) is 0 Å². The van der Waals surface area contributed by atoms with Crippen molar-refractivity contribution < 1.29 is 4.79 Å². The Kier molecular flexibility index (Phi) is 4.67. The van der Waals surface area contributed by atoms with E-state index >= 15 is 0 Å². The van der Waals surface area contributed by atoms with Crippen LogP contribution in [0.2, 0.25) is 0 Å². The summed E-state index contributed by atoms with van der Waals surface area (Å²) < 4.78 is 0. The molecular weight excluding hydrogens is 370 g/mol. The lowest BCUT2D eigenvalue weighted by Gasteiger charge is -2.34. The highest BCUT2D eigenvalue weighted by Gasteiger charge is 2.55. The van der Waals surface area contributed by atoms with Crippen molar-refractivity contribution in [2.24, 2.45) is 5.41 Å². The van der Waals surface area contributed by atoms with Gasteiger partial charge in [-0.3, -0.25) is 4.79 Å². The fourth-order valence-corrected chi connectivity index (χ4v) is 5.99. The third-order valence-corrected chi connectivity index (χ3v) is 7.43. The number of carbonyl (C=O) groups excluding carboxylic acids is 1. The molecule has 2 saturated heterocycles. The van der Waals surface area contributed by atoms with Crippen LogP contribution in [-0.4, -0.2) is 32.9 Å². The zero-order valence-electron chi connectivity index (χ0n) is 16.3. The van der Waals surface area contributed by atoms with Gasteiger partial charge in [0.1, 0.15) is 5.82 Å². The summed E-state index contributed by atoms with van der Waals surface area (Å²) in [6, 6.07) is 0.696. The number of hydrogen-bond acceptors (Lipinski definition) is 6. The Morgan fingerprint density at radius 2 is 2.21 bits per heavy atom. The summed E-state index contributed by atoms with van der Waals surface area (Å²) in [5.74, 6) is 0.866. The minimum atomic E-state index is -0.403. The molecule has 2 aromatic heterocycles. The lowest BCUT2D eigenvalue weighted by Crippen LogP contribution is -2.50. The van der Waals surface area contributed by atoms with Gasteiger partial charge in [0.2, 0.25) is 5.91 Å². The molecule has 6 nitrogen and oxygen atoms in total. The zero-order chi connectivity index (χ0) is 19.1. The van der Waals surface area contributed by atoms with Gasteiger partial charge in [-0.25, -0.2) is 15.0 Å². The molecule has 2 aromatic rings. The molecular formula is C21H27N5OS. The molecule has 148 valence electrons. The second-order valence-electron chi connectivity index (χ2n) is 8.55. The van der Waals surface area contributed by atoms with Gasteiger partial charge in [0.25, 0.3) is 0 Å². The number of rotatable bonds is 5. The van der Waals surface area contributed by atoms with Crippen LogP contribution in [0.4, 0.5) is 0 Å². The fourth-order valence-electron chi connectivity index (χ4n) is 5.43. The molecule has 0 saturated carbocycles. The maximum Gasteiger partial charge on any atom is 0.228 e. The first kappa shape index (κ1) is 18.2. The highest BCUT2D eigenvalue weighted by molar-refractivity contribution is 7.07. The number of fused-ring (bicyclic) bond motifs is 3. The summed E-state index contributed by atoms with van der Waals surface area (Å²) in [6.07, 6.45) is 8.37. The molecule has 3 aliphatic rings. The summed E-state index contributed by atoms with van der Waals surface area (Å²) in [7, 11) is 0. The normalized spacial score (nSPS) is 28.3. The SMILES string of the molecule is Cc1nc(CNC(=O)[C@]2(Cc3cscn3)C[C@@H]3CC[C@H]2N3)nc2c1CCCC2. The van der Waals surface area contributed by atoms with Crippen LogP contribution >= 0.6 is 11.3 Å². The average Bonchev–Trinajstić information content (AvgIpc) is 3.44. The van der Waals surface area contributed by atoms with Crippen LogP contribution in [0, 0.1) is 12.3 Å². The van der Waals surface area contributed by atoms with E-state index in [1.165, 1.54) is 30.5 Å². The molecule has 4 heterocycles. The van der Waals surface area contributed by atoms with Gasteiger partial charge >= 0.3 is 0 Å². The average molecular weight is 398 g/mol. The smallest absolute Gasteiger partial charge is 0.228 e. The van der Waals surface area contributed by atoms with E-state index < -0.39 is 5.41 Å². The molecule has 0 unspecified atom stereocenters. The number of amides is 1. The predicted molar refractivity (Wildman–Crippen MR) is 108 cm³/mol. The molecule has 2 aliphatic heterocycles. The summed E-state index contributed by atoms with van der Waals surface area (Å²) in [6.45, 7) is 2.48. The molecule has 2 bridgehead atoms. The van der Waals surface area contributed by atoms with Gasteiger partial charge in [0.05, 0.1) is 23.2 Å². The van der Waals surface area contributed by atoms with E-state index in [9.17, 15) is 4.79 Å². The molecule has 0 aromatic carbocycles. The molecule has 0 spiro atoms. The molecule has 5 rings (SSSR count). The van der Waals surface area contributed by atoms with Crippen LogP contribution in [0.5, 0.6) is 0 Å². The molecule has 1 amide bonds.